The number of carbonyl (C=O) groups is 1. The molecule has 0 radical (unpaired) electrons. The van der Waals surface area contributed by atoms with Crippen molar-refractivity contribution in [2.45, 2.75) is 6.92 Å². The lowest BCUT2D eigenvalue weighted by molar-refractivity contribution is 0.0512. The van der Waals surface area contributed by atoms with Crippen molar-refractivity contribution >= 4 is 27.5 Å². The first-order chi connectivity index (χ1) is 11.1. The average molecular weight is 330 g/mol. The van der Waals surface area contributed by atoms with Crippen molar-refractivity contribution in [3.05, 3.63) is 45.8 Å². The smallest absolute Gasteiger partial charge is 0.374 e. The van der Waals surface area contributed by atoms with Gasteiger partial charge in [-0.3, -0.25) is 4.79 Å². The highest BCUT2D eigenvalue weighted by Crippen LogP contribution is 2.31. The second kappa shape index (κ2) is 6.21. The van der Waals surface area contributed by atoms with E-state index in [1.165, 1.54) is 11.3 Å². The minimum absolute atomic E-state index is 0.0764. The van der Waals surface area contributed by atoms with Crippen LogP contribution < -0.4 is 10.3 Å². The number of nitrogens with one attached hydrogen (secondary N) is 1. The van der Waals surface area contributed by atoms with Gasteiger partial charge < -0.3 is 14.5 Å². The Morgan fingerprint density at radius 1 is 1.30 bits per heavy atom. The summed E-state index contributed by atoms with van der Waals surface area (Å²) in [6.07, 6.45) is 0. The lowest BCUT2D eigenvalue weighted by atomic mass is 10.1. The maximum Gasteiger partial charge on any atom is 0.374 e. The van der Waals surface area contributed by atoms with Crippen LogP contribution in [0.2, 0.25) is 0 Å². The van der Waals surface area contributed by atoms with Crippen LogP contribution in [-0.4, -0.2) is 29.7 Å². The average Bonchev–Trinajstić information content (AvgIpc) is 2.99. The third-order valence-corrected chi connectivity index (χ3v) is 4.19. The lowest BCUT2D eigenvalue weighted by Crippen LogP contribution is -2.17. The van der Waals surface area contributed by atoms with E-state index in [4.69, 9.17) is 9.47 Å². The molecule has 0 bridgehead atoms. The highest BCUT2D eigenvalue weighted by molar-refractivity contribution is 7.17. The van der Waals surface area contributed by atoms with Crippen molar-refractivity contribution in [1.29, 1.82) is 0 Å². The summed E-state index contributed by atoms with van der Waals surface area (Å²) in [4.78, 5) is 31.3. The first kappa shape index (κ1) is 15.2. The van der Waals surface area contributed by atoms with Gasteiger partial charge in [0.15, 0.2) is 0 Å². The molecule has 0 fully saturated rings. The van der Waals surface area contributed by atoms with E-state index < -0.39 is 5.97 Å². The summed E-state index contributed by atoms with van der Waals surface area (Å²) in [7, 11) is 1.60. The summed E-state index contributed by atoms with van der Waals surface area (Å²) >= 11 is 1.31. The van der Waals surface area contributed by atoms with Crippen LogP contribution in [0, 0.1) is 0 Å². The molecular weight excluding hydrogens is 316 g/mol. The summed E-state index contributed by atoms with van der Waals surface area (Å²) in [5, 5.41) is 2.32. The Hall–Kier alpha value is -2.67. The SMILES string of the molecule is CCOC(=O)c1nc2scc(-c3ccc(OC)cc3)c2c(=O)[nH]1. The third kappa shape index (κ3) is 2.83. The number of hydrogen-bond donors (Lipinski definition) is 1. The number of H-pyrrole nitrogens is 1. The van der Waals surface area contributed by atoms with E-state index in [9.17, 15) is 9.59 Å². The zero-order valence-corrected chi connectivity index (χ0v) is 13.4. The monoisotopic (exact) mass is 330 g/mol. The number of carbonyl (C=O) groups excluding carboxylic acids is 1. The number of benzene rings is 1. The van der Waals surface area contributed by atoms with Gasteiger partial charge in [-0.05, 0) is 24.6 Å². The topological polar surface area (TPSA) is 81.3 Å². The molecule has 0 atom stereocenters. The van der Waals surface area contributed by atoms with Crippen LogP contribution in [0.25, 0.3) is 21.3 Å². The largest absolute Gasteiger partial charge is 0.497 e. The van der Waals surface area contributed by atoms with Gasteiger partial charge in [-0.2, -0.15) is 0 Å². The van der Waals surface area contributed by atoms with Crippen LogP contribution in [-0.2, 0) is 4.74 Å². The molecule has 3 aromatic rings. The quantitative estimate of drug-likeness (QED) is 0.744. The Morgan fingerprint density at radius 2 is 2.04 bits per heavy atom. The summed E-state index contributed by atoms with van der Waals surface area (Å²) in [6.45, 7) is 1.92. The molecule has 1 N–H and O–H groups in total. The molecule has 0 saturated heterocycles. The van der Waals surface area contributed by atoms with Crippen molar-refractivity contribution in [1.82, 2.24) is 9.97 Å². The predicted octanol–water partition coefficient (Wildman–Crippen LogP) is 2.84. The van der Waals surface area contributed by atoms with Crippen molar-refractivity contribution in [3.8, 4) is 16.9 Å². The maximum absolute atomic E-state index is 12.4. The summed E-state index contributed by atoms with van der Waals surface area (Å²) in [5.41, 5.74) is 1.30. The summed E-state index contributed by atoms with van der Waals surface area (Å²) in [5.74, 6) is 0.0308. The van der Waals surface area contributed by atoms with Crippen molar-refractivity contribution in [3.63, 3.8) is 0 Å². The molecule has 0 amide bonds. The van der Waals surface area contributed by atoms with E-state index in [-0.39, 0.29) is 18.0 Å². The van der Waals surface area contributed by atoms with Gasteiger partial charge in [0.05, 0.1) is 19.1 Å². The molecule has 0 spiro atoms. The molecular formula is C16H14N2O4S. The number of ether oxygens (including phenoxy) is 2. The maximum atomic E-state index is 12.4. The Labute approximate surface area is 135 Å². The van der Waals surface area contributed by atoms with Gasteiger partial charge in [0.1, 0.15) is 10.6 Å². The fraction of sp³-hybridized carbons (Fsp3) is 0.188. The van der Waals surface area contributed by atoms with E-state index in [0.29, 0.717) is 10.2 Å². The number of fused-ring (bicyclic) bond motifs is 1. The number of esters is 1. The van der Waals surface area contributed by atoms with Gasteiger partial charge in [0, 0.05) is 10.9 Å². The summed E-state index contributed by atoms with van der Waals surface area (Å²) in [6, 6.07) is 7.40. The van der Waals surface area contributed by atoms with E-state index in [0.717, 1.165) is 16.9 Å². The Morgan fingerprint density at radius 3 is 2.70 bits per heavy atom. The molecule has 0 aliphatic heterocycles. The van der Waals surface area contributed by atoms with Crippen molar-refractivity contribution < 1.29 is 14.3 Å². The van der Waals surface area contributed by atoms with Crippen LogP contribution in [0.3, 0.4) is 0 Å². The number of aromatic nitrogens is 2. The van der Waals surface area contributed by atoms with Crippen LogP contribution in [0.15, 0.2) is 34.4 Å². The number of thiophene rings is 1. The Bertz CT molecular complexity index is 912. The third-order valence-electron chi connectivity index (χ3n) is 3.31. The fourth-order valence-electron chi connectivity index (χ4n) is 2.23. The Kier molecular flexibility index (Phi) is 4.12. The van der Waals surface area contributed by atoms with Crippen LogP contribution in [0.1, 0.15) is 17.5 Å². The van der Waals surface area contributed by atoms with E-state index in [2.05, 4.69) is 9.97 Å². The van der Waals surface area contributed by atoms with Gasteiger partial charge in [0.2, 0.25) is 5.82 Å². The minimum Gasteiger partial charge on any atom is -0.497 e. The van der Waals surface area contributed by atoms with E-state index in [1.807, 2.05) is 29.6 Å². The van der Waals surface area contributed by atoms with Gasteiger partial charge in [-0.25, -0.2) is 9.78 Å². The van der Waals surface area contributed by atoms with Crippen LogP contribution in [0.5, 0.6) is 5.75 Å². The van der Waals surface area contributed by atoms with E-state index >= 15 is 0 Å². The second-order valence-electron chi connectivity index (χ2n) is 4.69. The van der Waals surface area contributed by atoms with Crippen LogP contribution >= 0.6 is 11.3 Å². The molecule has 2 aromatic heterocycles. The highest BCUT2D eigenvalue weighted by Gasteiger charge is 2.16. The Balaban J connectivity index is 2.10. The predicted molar refractivity (Wildman–Crippen MR) is 88.2 cm³/mol. The molecule has 0 unspecified atom stereocenters. The summed E-state index contributed by atoms with van der Waals surface area (Å²) < 4.78 is 10.0. The first-order valence-corrected chi connectivity index (χ1v) is 7.85. The molecule has 7 heteroatoms. The lowest BCUT2D eigenvalue weighted by Gasteiger charge is -2.03. The van der Waals surface area contributed by atoms with Crippen molar-refractivity contribution in [2.75, 3.05) is 13.7 Å². The number of rotatable bonds is 4. The molecule has 1 aromatic carbocycles. The van der Waals surface area contributed by atoms with E-state index in [1.54, 1.807) is 14.0 Å². The number of nitrogens with zero attached hydrogens (tertiary/aromatic N) is 1. The van der Waals surface area contributed by atoms with Gasteiger partial charge >= 0.3 is 5.97 Å². The normalized spacial score (nSPS) is 10.7. The number of aromatic amines is 1. The molecule has 118 valence electrons. The zero-order valence-electron chi connectivity index (χ0n) is 12.6. The molecule has 6 nitrogen and oxygen atoms in total. The molecule has 23 heavy (non-hydrogen) atoms. The van der Waals surface area contributed by atoms with Gasteiger partial charge in [0.25, 0.3) is 5.56 Å². The fourth-order valence-corrected chi connectivity index (χ4v) is 3.18. The molecule has 2 heterocycles. The molecule has 0 saturated carbocycles. The number of hydrogen-bond acceptors (Lipinski definition) is 6. The van der Waals surface area contributed by atoms with Crippen molar-refractivity contribution in [2.24, 2.45) is 0 Å². The first-order valence-electron chi connectivity index (χ1n) is 6.97. The molecule has 0 aliphatic rings. The number of methoxy groups -OCH3 is 1. The second-order valence-corrected chi connectivity index (χ2v) is 5.55. The highest BCUT2D eigenvalue weighted by atomic mass is 32.1. The molecule has 3 rings (SSSR count). The standard InChI is InChI=1S/C16H14N2O4S/c1-3-22-16(20)13-17-14(19)12-11(8-23-15(12)18-13)9-4-6-10(21-2)7-5-9/h4-8H,3H2,1-2H3,(H,17,18,19). The van der Waals surface area contributed by atoms with Gasteiger partial charge in [-0.1, -0.05) is 12.1 Å². The van der Waals surface area contributed by atoms with Gasteiger partial charge in [-0.15, -0.1) is 11.3 Å². The van der Waals surface area contributed by atoms with Crippen LogP contribution in [0.4, 0.5) is 0 Å². The minimum atomic E-state index is -0.633. The zero-order chi connectivity index (χ0) is 16.4. The molecule has 0 aliphatic carbocycles.